The van der Waals surface area contributed by atoms with E-state index >= 15 is 0 Å². The lowest BCUT2D eigenvalue weighted by Gasteiger charge is -2.33. The van der Waals surface area contributed by atoms with Crippen molar-refractivity contribution in [3.63, 3.8) is 0 Å². The number of carbonyl (C=O) groups is 1. The molecule has 1 atom stereocenters. The summed E-state index contributed by atoms with van der Waals surface area (Å²) in [6.45, 7) is 5.29. The van der Waals surface area contributed by atoms with Gasteiger partial charge in [-0.15, -0.1) is 24.8 Å². The second kappa shape index (κ2) is 9.05. The molecule has 1 saturated heterocycles. The van der Waals surface area contributed by atoms with Gasteiger partial charge < -0.3 is 5.32 Å². The average Bonchev–Trinajstić information content (AvgIpc) is 2.93. The minimum atomic E-state index is -0.00142. The quantitative estimate of drug-likeness (QED) is 0.904. The van der Waals surface area contributed by atoms with Crippen molar-refractivity contribution in [3.05, 3.63) is 36.0 Å². The zero-order valence-electron chi connectivity index (χ0n) is 13.6. The van der Waals surface area contributed by atoms with Crippen LogP contribution in [-0.4, -0.2) is 41.6 Å². The van der Waals surface area contributed by atoms with Crippen LogP contribution < -0.4 is 5.32 Å². The minimum Gasteiger partial charge on any atom is -0.314 e. The molecule has 1 N–H and O–H groups in total. The molecule has 1 aromatic carbocycles. The molecule has 1 aliphatic heterocycles. The van der Waals surface area contributed by atoms with Crippen molar-refractivity contribution in [3.8, 4) is 6.07 Å². The maximum absolute atomic E-state index is 11.9. The molecule has 3 rings (SSSR count). The molecule has 0 unspecified atom stereocenters. The number of benzene rings is 1. The van der Waals surface area contributed by atoms with Crippen LogP contribution >= 0.6 is 24.8 Å². The van der Waals surface area contributed by atoms with Gasteiger partial charge in [-0.05, 0) is 11.6 Å². The van der Waals surface area contributed by atoms with Gasteiger partial charge in [-0.1, -0.05) is 18.2 Å². The van der Waals surface area contributed by atoms with Crippen LogP contribution in [-0.2, 0) is 0 Å². The predicted octanol–water partition coefficient (Wildman–Crippen LogP) is 3.00. The normalized spacial score (nSPS) is 15.8. The highest BCUT2D eigenvalue weighted by Crippen LogP contribution is 2.32. The maximum Gasteiger partial charge on any atom is 0.227 e. The fourth-order valence-corrected chi connectivity index (χ4v) is 3.25. The zero-order chi connectivity index (χ0) is 15.5. The van der Waals surface area contributed by atoms with Crippen molar-refractivity contribution < 1.29 is 4.79 Å². The van der Waals surface area contributed by atoms with Crippen LogP contribution in [0.3, 0.4) is 0 Å². The number of hydrogen-bond donors (Lipinski definition) is 1. The monoisotopic (exact) mass is 368 g/mol. The number of halogens is 2. The number of hydrogen-bond acceptors (Lipinski definition) is 4. The third kappa shape index (κ3) is 3.90. The summed E-state index contributed by atoms with van der Waals surface area (Å²) in [6.07, 6.45) is 2.35. The molecule has 7 heteroatoms. The summed E-state index contributed by atoms with van der Waals surface area (Å²) in [5.74, 6) is -0.00142. The van der Waals surface area contributed by atoms with Crippen LogP contribution in [0.25, 0.3) is 10.9 Å². The van der Waals surface area contributed by atoms with E-state index in [-0.39, 0.29) is 36.8 Å². The summed E-state index contributed by atoms with van der Waals surface area (Å²) in [5.41, 5.74) is 2.00. The lowest BCUT2D eigenvalue weighted by atomic mass is 10.0. The number of carbonyl (C=O) groups excluding carboxylic acids is 1. The summed E-state index contributed by atoms with van der Waals surface area (Å²) in [4.78, 5) is 14.2. The molecule has 24 heavy (non-hydrogen) atoms. The Kier molecular flexibility index (Phi) is 7.71. The number of rotatable bonds is 3. The molecule has 1 aliphatic rings. The Balaban J connectivity index is 0.00000144. The van der Waals surface area contributed by atoms with Crippen molar-refractivity contribution in [2.45, 2.75) is 19.4 Å². The Morgan fingerprint density at radius 3 is 2.58 bits per heavy atom. The zero-order valence-corrected chi connectivity index (χ0v) is 15.2. The van der Waals surface area contributed by atoms with Crippen LogP contribution in [0, 0.1) is 11.3 Å². The van der Waals surface area contributed by atoms with Gasteiger partial charge in [0.05, 0.1) is 18.0 Å². The second-order valence-corrected chi connectivity index (χ2v) is 5.65. The van der Waals surface area contributed by atoms with Crippen LogP contribution in [0.5, 0.6) is 0 Å². The number of nitrogens with zero attached hydrogens (tertiary/aromatic N) is 3. The largest absolute Gasteiger partial charge is 0.314 e. The molecule has 2 heterocycles. The van der Waals surface area contributed by atoms with Gasteiger partial charge in [0.25, 0.3) is 0 Å². The molecular weight excluding hydrogens is 347 g/mol. The van der Waals surface area contributed by atoms with Crippen LogP contribution in [0.15, 0.2) is 30.5 Å². The Labute approximate surface area is 154 Å². The van der Waals surface area contributed by atoms with Crippen molar-refractivity contribution in [1.82, 2.24) is 14.8 Å². The number of aromatic nitrogens is 1. The van der Waals surface area contributed by atoms with Gasteiger partial charge >= 0.3 is 0 Å². The second-order valence-electron chi connectivity index (χ2n) is 5.65. The Hall–Kier alpha value is -1.58. The van der Waals surface area contributed by atoms with Gasteiger partial charge in [-0.2, -0.15) is 5.26 Å². The van der Waals surface area contributed by atoms with Crippen LogP contribution in [0.1, 0.15) is 29.7 Å². The summed E-state index contributed by atoms with van der Waals surface area (Å²) in [7, 11) is 0. The fraction of sp³-hybridized carbons (Fsp3) is 0.412. The smallest absolute Gasteiger partial charge is 0.227 e. The van der Waals surface area contributed by atoms with E-state index in [4.69, 9.17) is 0 Å². The van der Waals surface area contributed by atoms with E-state index in [1.54, 1.807) is 11.5 Å². The van der Waals surface area contributed by atoms with Gasteiger partial charge in [-0.25, -0.2) is 0 Å². The Morgan fingerprint density at radius 1 is 1.29 bits per heavy atom. The molecule has 0 radical (unpaired) electrons. The van der Waals surface area contributed by atoms with Crippen LogP contribution in [0.4, 0.5) is 0 Å². The molecule has 1 fully saturated rings. The topological polar surface area (TPSA) is 61.1 Å². The van der Waals surface area contributed by atoms with Gasteiger partial charge in [0.15, 0.2) is 0 Å². The average molecular weight is 369 g/mol. The molecule has 0 aliphatic carbocycles. The lowest BCUT2D eigenvalue weighted by Crippen LogP contribution is -2.45. The number of piperazine rings is 1. The number of fused-ring (bicyclic) bond motifs is 1. The van der Waals surface area contributed by atoms with Crippen molar-refractivity contribution in [1.29, 1.82) is 5.26 Å². The summed E-state index contributed by atoms with van der Waals surface area (Å²) < 4.78 is 1.69. The summed E-state index contributed by atoms with van der Waals surface area (Å²) in [5, 5.41) is 13.7. The highest BCUT2D eigenvalue weighted by molar-refractivity contribution is 5.93. The van der Waals surface area contributed by atoms with Gasteiger partial charge in [0.2, 0.25) is 5.91 Å². The van der Waals surface area contributed by atoms with E-state index in [2.05, 4.69) is 16.3 Å². The van der Waals surface area contributed by atoms with Crippen LogP contribution in [0.2, 0.25) is 0 Å². The maximum atomic E-state index is 11.9. The molecular formula is C17H22Cl2N4O. The molecule has 130 valence electrons. The van der Waals surface area contributed by atoms with Crippen molar-refractivity contribution >= 4 is 41.6 Å². The van der Waals surface area contributed by atoms with E-state index in [1.165, 1.54) is 0 Å². The highest BCUT2D eigenvalue weighted by Gasteiger charge is 2.25. The van der Waals surface area contributed by atoms with Gasteiger partial charge in [-0.3, -0.25) is 14.3 Å². The minimum absolute atomic E-state index is 0. The van der Waals surface area contributed by atoms with E-state index in [0.717, 1.165) is 42.6 Å². The summed E-state index contributed by atoms with van der Waals surface area (Å²) in [6, 6.07) is 10.3. The lowest BCUT2D eigenvalue weighted by molar-refractivity contribution is 0.0941. The van der Waals surface area contributed by atoms with E-state index in [9.17, 15) is 10.1 Å². The van der Waals surface area contributed by atoms with Crippen molar-refractivity contribution in [2.24, 2.45) is 0 Å². The highest BCUT2D eigenvalue weighted by atomic mass is 35.5. The molecule has 0 spiro atoms. The van der Waals surface area contributed by atoms with Gasteiger partial charge in [0, 0.05) is 50.7 Å². The number of nitriles is 1. The first-order chi connectivity index (χ1) is 10.7. The molecule has 1 aromatic heterocycles. The van der Waals surface area contributed by atoms with E-state index in [1.807, 2.05) is 30.5 Å². The Bertz CT molecular complexity index is 732. The fourth-order valence-electron chi connectivity index (χ4n) is 3.25. The molecule has 5 nitrogen and oxygen atoms in total. The van der Waals surface area contributed by atoms with E-state index in [0.29, 0.717) is 6.42 Å². The third-order valence-corrected chi connectivity index (χ3v) is 4.32. The third-order valence-electron chi connectivity index (χ3n) is 4.32. The SMILES string of the molecule is CC(=O)n1cc([C@H](CC#N)N2CCNCC2)c2ccccc21.Cl.Cl. The molecule has 0 bridgehead atoms. The standard InChI is InChI=1S/C17H20N4O.2ClH/c1-13(22)21-12-15(14-4-2-3-5-17(14)21)16(6-7-18)20-10-8-19-9-11-20;;/h2-5,12,16,19H,6,8-11H2,1H3;2*1H/t16-;;/m0../s1. The number of nitrogens with one attached hydrogen (secondary N) is 1. The Morgan fingerprint density at radius 2 is 1.96 bits per heavy atom. The molecule has 2 aromatic rings. The first-order valence-electron chi connectivity index (χ1n) is 7.65. The van der Waals surface area contributed by atoms with E-state index < -0.39 is 0 Å². The summed E-state index contributed by atoms with van der Waals surface area (Å²) >= 11 is 0. The van der Waals surface area contributed by atoms with Crippen molar-refractivity contribution in [2.75, 3.05) is 26.2 Å². The molecule has 0 amide bonds. The predicted molar refractivity (Wildman–Crippen MR) is 100 cm³/mol. The first-order valence-corrected chi connectivity index (χ1v) is 7.65. The number of para-hydroxylation sites is 1. The first kappa shape index (κ1) is 20.5. The van der Waals surface area contributed by atoms with Gasteiger partial charge in [0.1, 0.15) is 0 Å². The molecule has 0 saturated carbocycles.